The summed E-state index contributed by atoms with van der Waals surface area (Å²) >= 11 is 5.98. The van der Waals surface area contributed by atoms with Crippen molar-refractivity contribution < 1.29 is 9.53 Å². The SMILES string of the molecule is CCNC(=NCC(C)Oc1cccc(Cl)c1)NC1CCN(C(N)=O)CC1. The van der Waals surface area contributed by atoms with E-state index in [2.05, 4.69) is 15.6 Å². The molecule has 7 nitrogen and oxygen atoms in total. The Bertz CT molecular complexity index is 617. The van der Waals surface area contributed by atoms with Crippen molar-refractivity contribution in [3.8, 4) is 5.75 Å². The number of primary amides is 1. The molecule has 2 amide bonds. The third-order valence-electron chi connectivity index (χ3n) is 4.13. The Morgan fingerprint density at radius 1 is 1.46 bits per heavy atom. The van der Waals surface area contributed by atoms with Gasteiger partial charge in [0.1, 0.15) is 11.9 Å². The van der Waals surface area contributed by atoms with Gasteiger partial charge in [-0.05, 0) is 44.9 Å². The summed E-state index contributed by atoms with van der Waals surface area (Å²) in [6.07, 6.45) is 1.62. The van der Waals surface area contributed by atoms with Crippen LogP contribution in [0.15, 0.2) is 29.3 Å². The number of rotatable bonds is 6. The van der Waals surface area contributed by atoms with E-state index in [9.17, 15) is 4.79 Å². The number of nitrogens with one attached hydrogen (secondary N) is 2. The van der Waals surface area contributed by atoms with Crippen LogP contribution in [-0.2, 0) is 0 Å². The van der Waals surface area contributed by atoms with Crippen LogP contribution in [-0.4, -0.2) is 55.2 Å². The topological polar surface area (TPSA) is 92.0 Å². The number of carbonyl (C=O) groups excluding carboxylic acids is 1. The molecular formula is C18H28ClN5O2. The molecule has 1 saturated heterocycles. The lowest BCUT2D eigenvalue weighted by Crippen LogP contribution is -2.50. The van der Waals surface area contributed by atoms with E-state index in [-0.39, 0.29) is 18.2 Å². The second kappa shape index (κ2) is 10.1. The number of nitrogens with zero attached hydrogens (tertiary/aromatic N) is 2. The van der Waals surface area contributed by atoms with Gasteiger partial charge in [0.15, 0.2) is 5.96 Å². The van der Waals surface area contributed by atoms with Crippen molar-refractivity contribution in [3.63, 3.8) is 0 Å². The number of amides is 2. The van der Waals surface area contributed by atoms with Crippen molar-refractivity contribution in [2.45, 2.75) is 38.8 Å². The lowest BCUT2D eigenvalue weighted by Gasteiger charge is -2.32. The van der Waals surface area contributed by atoms with E-state index >= 15 is 0 Å². The van der Waals surface area contributed by atoms with Gasteiger partial charge in [-0.3, -0.25) is 0 Å². The maximum atomic E-state index is 11.2. The molecule has 0 saturated carbocycles. The zero-order chi connectivity index (χ0) is 18.9. The molecule has 1 aromatic carbocycles. The van der Waals surface area contributed by atoms with Gasteiger partial charge >= 0.3 is 6.03 Å². The predicted octanol–water partition coefficient (Wildman–Crippen LogP) is 2.21. The summed E-state index contributed by atoms with van der Waals surface area (Å²) in [5.41, 5.74) is 5.32. The average Bonchev–Trinajstić information content (AvgIpc) is 2.60. The van der Waals surface area contributed by atoms with Crippen molar-refractivity contribution in [2.75, 3.05) is 26.2 Å². The van der Waals surface area contributed by atoms with Crippen molar-refractivity contribution >= 4 is 23.6 Å². The first-order valence-electron chi connectivity index (χ1n) is 8.99. The molecule has 1 atom stereocenters. The minimum atomic E-state index is -0.351. The number of halogens is 1. The Hall–Kier alpha value is -2.15. The van der Waals surface area contributed by atoms with Gasteiger partial charge in [0.05, 0.1) is 6.54 Å². The molecular weight excluding hydrogens is 354 g/mol. The number of piperidine rings is 1. The van der Waals surface area contributed by atoms with Crippen LogP contribution >= 0.6 is 11.6 Å². The molecule has 1 heterocycles. The maximum absolute atomic E-state index is 11.2. The first kappa shape index (κ1) is 20.2. The van der Waals surface area contributed by atoms with Gasteiger partial charge in [0.25, 0.3) is 0 Å². The molecule has 0 spiro atoms. The fourth-order valence-corrected chi connectivity index (χ4v) is 2.97. The second-order valence-corrected chi connectivity index (χ2v) is 6.79. The normalized spacial score (nSPS) is 16.9. The Kier molecular flexibility index (Phi) is 7.84. The van der Waals surface area contributed by atoms with Gasteiger partial charge in [0, 0.05) is 30.7 Å². The summed E-state index contributed by atoms with van der Waals surface area (Å²) in [5, 5.41) is 7.33. The number of urea groups is 1. The third kappa shape index (κ3) is 6.63. The maximum Gasteiger partial charge on any atom is 0.314 e. The van der Waals surface area contributed by atoms with E-state index in [1.807, 2.05) is 32.0 Å². The Balaban J connectivity index is 1.84. The van der Waals surface area contributed by atoms with E-state index in [0.717, 1.165) is 31.1 Å². The first-order valence-corrected chi connectivity index (χ1v) is 9.37. The highest BCUT2D eigenvalue weighted by Crippen LogP contribution is 2.18. The zero-order valence-electron chi connectivity index (χ0n) is 15.4. The number of guanidine groups is 1. The number of carbonyl (C=O) groups is 1. The number of ether oxygens (including phenoxy) is 1. The average molecular weight is 382 g/mol. The van der Waals surface area contributed by atoms with Gasteiger partial charge in [-0.25, -0.2) is 9.79 Å². The van der Waals surface area contributed by atoms with Crippen LogP contribution in [0.25, 0.3) is 0 Å². The molecule has 26 heavy (non-hydrogen) atoms. The van der Waals surface area contributed by atoms with E-state index in [1.54, 1.807) is 11.0 Å². The van der Waals surface area contributed by atoms with Gasteiger partial charge < -0.3 is 26.0 Å². The van der Waals surface area contributed by atoms with E-state index in [0.29, 0.717) is 24.7 Å². The number of benzene rings is 1. The molecule has 0 bridgehead atoms. The molecule has 1 unspecified atom stereocenters. The summed E-state index contributed by atoms with van der Waals surface area (Å²) in [7, 11) is 0. The number of hydrogen-bond donors (Lipinski definition) is 3. The van der Waals surface area contributed by atoms with Crippen molar-refractivity contribution in [1.29, 1.82) is 0 Å². The van der Waals surface area contributed by atoms with Crippen LogP contribution in [0.5, 0.6) is 5.75 Å². The summed E-state index contributed by atoms with van der Waals surface area (Å²) < 4.78 is 5.85. The van der Waals surface area contributed by atoms with Crippen LogP contribution in [0, 0.1) is 0 Å². The minimum Gasteiger partial charge on any atom is -0.489 e. The van der Waals surface area contributed by atoms with Crippen LogP contribution in [0.2, 0.25) is 5.02 Å². The highest BCUT2D eigenvalue weighted by Gasteiger charge is 2.21. The van der Waals surface area contributed by atoms with E-state index < -0.39 is 0 Å². The lowest BCUT2D eigenvalue weighted by atomic mass is 10.1. The van der Waals surface area contributed by atoms with E-state index in [4.69, 9.17) is 22.1 Å². The number of nitrogens with two attached hydrogens (primary N) is 1. The zero-order valence-corrected chi connectivity index (χ0v) is 16.1. The molecule has 0 aromatic heterocycles. The van der Waals surface area contributed by atoms with Crippen molar-refractivity contribution in [1.82, 2.24) is 15.5 Å². The summed E-state index contributed by atoms with van der Waals surface area (Å²) in [5.74, 6) is 1.49. The highest BCUT2D eigenvalue weighted by atomic mass is 35.5. The molecule has 1 aliphatic heterocycles. The van der Waals surface area contributed by atoms with Crippen LogP contribution < -0.4 is 21.1 Å². The molecule has 1 aliphatic rings. The van der Waals surface area contributed by atoms with Crippen LogP contribution in [0.1, 0.15) is 26.7 Å². The first-order chi connectivity index (χ1) is 12.5. The smallest absolute Gasteiger partial charge is 0.314 e. The molecule has 1 aromatic rings. The monoisotopic (exact) mass is 381 g/mol. The Morgan fingerprint density at radius 2 is 2.19 bits per heavy atom. The fraction of sp³-hybridized carbons (Fsp3) is 0.556. The second-order valence-electron chi connectivity index (χ2n) is 6.35. The van der Waals surface area contributed by atoms with Crippen molar-refractivity contribution in [2.24, 2.45) is 10.7 Å². The van der Waals surface area contributed by atoms with Crippen LogP contribution in [0.4, 0.5) is 4.79 Å². The largest absolute Gasteiger partial charge is 0.489 e. The number of hydrogen-bond acceptors (Lipinski definition) is 3. The third-order valence-corrected chi connectivity index (χ3v) is 4.37. The predicted molar refractivity (Wildman–Crippen MR) is 105 cm³/mol. The molecule has 0 radical (unpaired) electrons. The minimum absolute atomic E-state index is 0.0827. The molecule has 0 aliphatic carbocycles. The quantitative estimate of drug-likeness (QED) is 0.520. The van der Waals surface area contributed by atoms with E-state index in [1.165, 1.54) is 0 Å². The van der Waals surface area contributed by atoms with Gasteiger partial charge in [0.2, 0.25) is 0 Å². The summed E-state index contributed by atoms with van der Waals surface area (Å²) in [4.78, 5) is 17.5. The highest BCUT2D eigenvalue weighted by molar-refractivity contribution is 6.30. The fourth-order valence-electron chi connectivity index (χ4n) is 2.79. The van der Waals surface area contributed by atoms with Gasteiger partial charge in [-0.1, -0.05) is 17.7 Å². The number of likely N-dealkylation sites (tertiary alicyclic amines) is 1. The van der Waals surface area contributed by atoms with Crippen molar-refractivity contribution in [3.05, 3.63) is 29.3 Å². The molecule has 4 N–H and O–H groups in total. The standard InChI is InChI=1S/C18H28ClN5O2/c1-3-21-18(23-15-7-9-24(10-8-15)17(20)25)22-12-13(2)26-16-6-4-5-14(19)11-16/h4-6,11,13,15H,3,7-10,12H2,1-2H3,(H2,20,25)(H2,21,22,23). The Morgan fingerprint density at radius 3 is 2.81 bits per heavy atom. The van der Waals surface area contributed by atoms with Gasteiger partial charge in [-0.2, -0.15) is 0 Å². The summed E-state index contributed by atoms with van der Waals surface area (Å²) in [6.45, 7) is 6.62. The summed E-state index contributed by atoms with van der Waals surface area (Å²) in [6, 6.07) is 7.26. The van der Waals surface area contributed by atoms with Crippen LogP contribution in [0.3, 0.4) is 0 Å². The molecule has 8 heteroatoms. The van der Waals surface area contributed by atoms with Gasteiger partial charge in [-0.15, -0.1) is 0 Å². The number of aliphatic imine (C=N–C) groups is 1. The Labute approximate surface area is 159 Å². The molecule has 2 rings (SSSR count). The molecule has 144 valence electrons. The lowest BCUT2D eigenvalue weighted by molar-refractivity contribution is 0.188. The molecule has 1 fully saturated rings.